The van der Waals surface area contributed by atoms with Gasteiger partial charge in [0.15, 0.2) is 17.9 Å². The lowest BCUT2D eigenvalue weighted by Gasteiger charge is -2.21. The zero-order valence-corrected chi connectivity index (χ0v) is 21.2. The number of aromatic nitrogens is 2. The van der Waals surface area contributed by atoms with Crippen LogP contribution in [0.1, 0.15) is 55.4 Å². The standard InChI is InChI=1S/C20H25N5O2.C4H11N.CH5N/c1-2-17-20(25-10-3-4-11-25)24-19(18(13-26)23-17)22-16-7-5-6-15(12-16)8-9-21-14-27;1-4(2)5-3;1-2/h5-7,12-14H,2-4,8-11H2,1H3,(H,21,27)(H,22,24);4-5H,1-3H3;2H2,1H3. The molecule has 2 aromatic rings. The van der Waals surface area contributed by atoms with Gasteiger partial charge in [-0.2, -0.15) is 0 Å². The summed E-state index contributed by atoms with van der Waals surface area (Å²) in [6.07, 6.45) is 5.22. The van der Waals surface area contributed by atoms with Crippen molar-refractivity contribution in [3.05, 3.63) is 41.2 Å². The molecular formula is C25H41N7O2. The molecule has 5 N–H and O–H groups in total. The van der Waals surface area contributed by atoms with Gasteiger partial charge in [0.05, 0.1) is 5.69 Å². The first-order chi connectivity index (χ1) is 16.5. The second kappa shape index (κ2) is 16.6. The summed E-state index contributed by atoms with van der Waals surface area (Å²) in [5, 5.41) is 8.94. The Balaban J connectivity index is 0.000000733. The van der Waals surface area contributed by atoms with Crippen molar-refractivity contribution in [1.82, 2.24) is 20.6 Å². The molecule has 1 aromatic carbocycles. The maximum Gasteiger partial charge on any atom is 0.207 e. The number of carbonyl (C=O) groups excluding carboxylic acids is 2. The highest BCUT2D eigenvalue weighted by atomic mass is 16.1. The van der Waals surface area contributed by atoms with Crippen molar-refractivity contribution in [3.63, 3.8) is 0 Å². The summed E-state index contributed by atoms with van der Waals surface area (Å²) in [5.41, 5.74) is 7.61. The van der Waals surface area contributed by atoms with E-state index in [1.54, 1.807) is 0 Å². The molecule has 1 aliphatic rings. The second-order valence-corrected chi connectivity index (χ2v) is 7.98. The summed E-state index contributed by atoms with van der Waals surface area (Å²) in [6.45, 7) is 8.78. The van der Waals surface area contributed by atoms with Crippen LogP contribution in [-0.2, 0) is 17.6 Å². The first-order valence-electron chi connectivity index (χ1n) is 11.9. The Morgan fingerprint density at radius 1 is 1.15 bits per heavy atom. The third-order valence-electron chi connectivity index (χ3n) is 5.23. The van der Waals surface area contributed by atoms with E-state index >= 15 is 0 Å². The first kappa shape index (κ1) is 29.0. The summed E-state index contributed by atoms with van der Waals surface area (Å²) < 4.78 is 0. The molecule has 9 nitrogen and oxygen atoms in total. The molecule has 34 heavy (non-hydrogen) atoms. The van der Waals surface area contributed by atoms with Crippen molar-refractivity contribution in [2.75, 3.05) is 43.9 Å². The summed E-state index contributed by atoms with van der Waals surface area (Å²) in [4.78, 5) is 33.5. The molecule has 188 valence electrons. The van der Waals surface area contributed by atoms with E-state index in [4.69, 9.17) is 4.98 Å². The zero-order chi connectivity index (χ0) is 25.3. The number of aryl methyl sites for hydroxylation is 1. The van der Waals surface area contributed by atoms with Gasteiger partial charge in [-0.05, 0) is 57.5 Å². The van der Waals surface area contributed by atoms with Gasteiger partial charge in [-0.1, -0.05) is 32.9 Å². The monoisotopic (exact) mass is 471 g/mol. The van der Waals surface area contributed by atoms with Crippen molar-refractivity contribution < 1.29 is 9.59 Å². The van der Waals surface area contributed by atoms with Gasteiger partial charge in [-0.3, -0.25) is 9.59 Å². The van der Waals surface area contributed by atoms with Crippen LogP contribution in [0.2, 0.25) is 0 Å². The van der Waals surface area contributed by atoms with Crippen LogP contribution in [0.4, 0.5) is 17.3 Å². The summed E-state index contributed by atoms with van der Waals surface area (Å²) in [6, 6.07) is 8.49. The molecular weight excluding hydrogens is 430 g/mol. The average molecular weight is 472 g/mol. The quantitative estimate of drug-likeness (QED) is 0.308. The Morgan fingerprint density at radius 3 is 2.38 bits per heavy atom. The largest absolute Gasteiger partial charge is 0.358 e. The van der Waals surface area contributed by atoms with Crippen molar-refractivity contribution in [3.8, 4) is 0 Å². The Bertz CT molecular complexity index is 868. The fraction of sp³-hybridized carbons (Fsp3) is 0.520. The first-order valence-corrected chi connectivity index (χ1v) is 11.9. The molecule has 2 heterocycles. The molecule has 0 spiro atoms. The lowest BCUT2D eigenvalue weighted by molar-refractivity contribution is -0.109. The van der Waals surface area contributed by atoms with Gasteiger partial charge in [-0.15, -0.1) is 0 Å². The molecule has 1 aliphatic heterocycles. The highest BCUT2D eigenvalue weighted by molar-refractivity contribution is 5.82. The van der Waals surface area contributed by atoms with Crippen LogP contribution in [-0.4, -0.2) is 62.4 Å². The van der Waals surface area contributed by atoms with Crippen LogP contribution in [0.25, 0.3) is 0 Å². The number of hydrogen-bond donors (Lipinski definition) is 4. The van der Waals surface area contributed by atoms with E-state index in [1.165, 1.54) is 7.05 Å². The Labute approximate surface area is 203 Å². The van der Waals surface area contributed by atoms with Crippen LogP contribution in [0.15, 0.2) is 24.3 Å². The highest BCUT2D eigenvalue weighted by Crippen LogP contribution is 2.27. The van der Waals surface area contributed by atoms with Gasteiger partial charge >= 0.3 is 0 Å². The van der Waals surface area contributed by atoms with Gasteiger partial charge < -0.3 is 26.6 Å². The number of benzene rings is 1. The van der Waals surface area contributed by atoms with E-state index in [9.17, 15) is 9.59 Å². The molecule has 0 atom stereocenters. The van der Waals surface area contributed by atoms with Gasteiger partial charge in [0.1, 0.15) is 5.69 Å². The lowest BCUT2D eigenvalue weighted by atomic mass is 10.1. The van der Waals surface area contributed by atoms with Crippen LogP contribution in [0.3, 0.4) is 0 Å². The Morgan fingerprint density at radius 2 is 1.82 bits per heavy atom. The number of rotatable bonds is 10. The molecule has 1 saturated heterocycles. The van der Waals surface area contributed by atoms with E-state index in [2.05, 4.69) is 45.4 Å². The number of nitrogens with two attached hydrogens (primary N) is 1. The van der Waals surface area contributed by atoms with Crippen molar-refractivity contribution in [1.29, 1.82) is 0 Å². The molecule has 9 heteroatoms. The molecule has 0 radical (unpaired) electrons. The van der Waals surface area contributed by atoms with E-state index in [0.29, 0.717) is 30.5 Å². The van der Waals surface area contributed by atoms with E-state index < -0.39 is 0 Å². The molecule has 0 bridgehead atoms. The second-order valence-electron chi connectivity index (χ2n) is 7.98. The number of amides is 1. The maximum absolute atomic E-state index is 11.6. The molecule has 3 rings (SSSR count). The molecule has 0 saturated carbocycles. The fourth-order valence-corrected chi connectivity index (χ4v) is 3.29. The fourth-order valence-electron chi connectivity index (χ4n) is 3.29. The number of aldehydes is 1. The predicted molar refractivity (Wildman–Crippen MR) is 140 cm³/mol. The van der Waals surface area contributed by atoms with Crippen LogP contribution < -0.4 is 26.6 Å². The normalized spacial score (nSPS) is 12.3. The van der Waals surface area contributed by atoms with Crippen molar-refractivity contribution in [2.24, 2.45) is 5.73 Å². The highest BCUT2D eigenvalue weighted by Gasteiger charge is 2.20. The number of hydrogen-bond acceptors (Lipinski definition) is 8. The predicted octanol–water partition coefficient (Wildman–Crippen LogP) is 2.67. The number of anilines is 3. The minimum Gasteiger partial charge on any atom is -0.358 e. The van der Waals surface area contributed by atoms with Gasteiger partial charge in [0.25, 0.3) is 0 Å². The van der Waals surface area contributed by atoms with Gasteiger partial charge in [0, 0.05) is 31.4 Å². The topological polar surface area (TPSA) is 125 Å². The third kappa shape index (κ3) is 9.44. The van der Waals surface area contributed by atoms with Crippen LogP contribution in [0.5, 0.6) is 0 Å². The van der Waals surface area contributed by atoms with E-state index in [1.807, 2.05) is 38.2 Å². The molecule has 0 unspecified atom stereocenters. The van der Waals surface area contributed by atoms with Crippen molar-refractivity contribution in [2.45, 2.75) is 52.5 Å². The smallest absolute Gasteiger partial charge is 0.207 e. The lowest BCUT2D eigenvalue weighted by Crippen LogP contribution is -2.22. The summed E-state index contributed by atoms with van der Waals surface area (Å²) in [5.74, 6) is 1.35. The minimum atomic E-state index is 0.322. The SMILES string of the molecule is CCc1nc(C=O)c(Nc2cccc(CCNC=O)c2)nc1N1CCCC1.CN.CNC(C)C. The minimum absolute atomic E-state index is 0.322. The van der Waals surface area contributed by atoms with E-state index in [0.717, 1.165) is 67.8 Å². The van der Waals surface area contributed by atoms with Crippen molar-refractivity contribution >= 4 is 30.0 Å². The molecule has 1 fully saturated rings. The zero-order valence-electron chi connectivity index (χ0n) is 21.2. The number of carbonyl (C=O) groups is 2. The Hall–Kier alpha value is -3.04. The molecule has 0 aliphatic carbocycles. The summed E-state index contributed by atoms with van der Waals surface area (Å²) >= 11 is 0. The number of nitrogens with one attached hydrogen (secondary N) is 3. The molecule has 1 amide bonds. The van der Waals surface area contributed by atoms with Gasteiger partial charge in [0.2, 0.25) is 6.41 Å². The van der Waals surface area contributed by atoms with Crippen LogP contribution in [0, 0.1) is 0 Å². The van der Waals surface area contributed by atoms with Crippen LogP contribution >= 0.6 is 0 Å². The Kier molecular flexibility index (Phi) is 14.1. The average Bonchev–Trinajstić information content (AvgIpc) is 3.41. The van der Waals surface area contributed by atoms with E-state index in [-0.39, 0.29) is 0 Å². The maximum atomic E-state index is 11.6. The van der Waals surface area contributed by atoms with Gasteiger partial charge in [-0.25, -0.2) is 9.97 Å². The molecule has 1 aromatic heterocycles. The summed E-state index contributed by atoms with van der Waals surface area (Å²) in [7, 11) is 3.45. The number of nitrogens with zero attached hydrogens (tertiary/aromatic N) is 3. The third-order valence-corrected chi connectivity index (χ3v) is 5.23.